The zero-order chi connectivity index (χ0) is 16.7. The van der Waals surface area contributed by atoms with Crippen LogP contribution in [0.5, 0.6) is 11.5 Å². The van der Waals surface area contributed by atoms with Crippen LogP contribution in [0, 0.1) is 0 Å². The summed E-state index contributed by atoms with van der Waals surface area (Å²) in [6, 6.07) is 12.0. The predicted octanol–water partition coefficient (Wildman–Crippen LogP) is 2.93. The van der Waals surface area contributed by atoms with E-state index in [-0.39, 0.29) is 0 Å². The van der Waals surface area contributed by atoms with Crippen LogP contribution in [-0.4, -0.2) is 19.4 Å². The fourth-order valence-corrected chi connectivity index (χ4v) is 2.05. The summed E-state index contributed by atoms with van der Waals surface area (Å²) in [5, 5.41) is 4.35. The molecule has 0 aliphatic carbocycles. The first kappa shape index (κ1) is 16.6. The number of primary amides is 1. The smallest absolute Gasteiger partial charge is 0.332 e. The molecule has 3 N–H and O–H groups in total. The van der Waals surface area contributed by atoms with Gasteiger partial charge in [-0.05, 0) is 41.5 Å². The summed E-state index contributed by atoms with van der Waals surface area (Å²) in [7, 11) is 1.55. The molecular formula is C16H16ClN3O3. The molecule has 0 saturated carbocycles. The highest BCUT2D eigenvalue weighted by Crippen LogP contribution is 2.28. The van der Waals surface area contributed by atoms with Crippen LogP contribution in [0.4, 0.5) is 4.79 Å². The maximum atomic E-state index is 10.6. The summed E-state index contributed by atoms with van der Waals surface area (Å²) in [5.41, 5.74) is 8.73. The number of halogens is 1. The largest absolute Gasteiger partial charge is 0.493 e. The molecule has 0 fully saturated rings. The number of carbonyl (C=O) groups is 1. The van der Waals surface area contributed by atoms with Gasteiger partial charge in [0.25, 0.3) is 0 Å². The Morgan fingerprint density at radius 1 is 1.30 bits per heavy atom. The summed E-state index contributed by atoms with van der Waals surface area (Å²) in [6.45, 7) is 0.369. The fourth-order valence-electron chi connectivity index (χ4n) is 1.84. The number of ether oxygens (including phenoxy) is 2. The summed E-state index contributed by atoms with van der Waals surface area (Å²) in [5.74, 6) is 1.14. The van der Waals surface area contributed by atoms with Gasteiger partial charge in [-0.2, -0.15) is 5.10 Å². The van der Waals surface area contributed by atoms with Gasteiger partial charge in [-0.3, -0.25) is 0 Å². The topological polar surface area (TPSA) is 85.9 Å². The minimum Gasteiger partial charge on any atom is -0.493 e. The van der Waals surface area contributed by atoms with E-state index >= 15 is 0 Å². The van der Waals surface area contributed by atoms with E-state index in [1.54, 1.807) is 31.4 Å². The molecule has 0 radical (unpaired) electrons. The number of benzene rings is 2. The number of amides is 2. The zero-order valence-corrected chi connectivity index (χ0v) is 13.2. The summed E-state index contributed by atoms with van der Waals surface area (Å²) in [6.07, 6.45) is 1.45. The van der Waals surface area contributed by atoms with Gasteiger partial charge >= 0.3 is 6.03 Å². The van der Waals surface area contributed by atoms with E-state index in [4.69, 9.17) is 26.8 Å². The molecule has 0 unspecified atom stereocenters. The number of nitrogens with two attached hydrogens (primary N) is 1. The van der Waals surface area contributed by atoms with Crippen molar-refractivity contribution in [3.05, 3.63) is 58.6 Å². The van der Waals surface area contributed by atoms with Crippen molar-refractivity contribution in [3.63, 3.8) is 0 Å². The van der Waals surface area contributed by atoms with E-state index in [1.165, 1.54) is 6.21 Å². The van der Waals surface area contributed by atoms with Crippen LogP contribution < -0.4 is 20.6 Å². The molecular weight excluding hydrogens is 318 g/mol. The Morgan fingerprint density at radius 3 is 2.83 bits per heavy atom. The molecule has 0 heterocycles. The quantitative estimate of drug-likeness (QED) is 0.629. The average Bonchev–Trinajstić information content (AvgIpc) is 2.53. The van der Waals surface area contributed by atoms with Gasteiger partial charge in [0, 0.05) is 5.02 Å². The van der Waals surface area contributed by atoms with E-state index < -0.39 is 6.03 Å². The molecule has 2 rings (SSSR count). The van der Waals surface area contributed by atoms with Crippen molar-refractivity contribution < 1.29 is 14.3 Å². The number of hydrogen-bond acceptors (Lipinski definition) is 4. The van der Waals surface area contributed by atoms with E-state index in [9.17, 15) is 4.79 Å². The van der Waals surface area contributed by atoms with Gasteiger partial charge in [0.15, 0.2) is 11.5 Å². The third-order valence-electron chi connectivity index (χ3n) is 2.86. The summed E-state index contributed by atoms with van der Waals surface area (Å²) in [4.78, 5) is 10.6. The Labute approximate surface area is 138 Å². The predicted molar refractivity (Wildman–Crippen MR) is 89.1 cm³/mol. The first-order chi connectivity index (χ1) is 11.1. The molecule has 2 aromatic rings. The number of hydrogen-bond donors (Lipinski definition) is 2. The van der Waals surface area contributed by atoms with Crippen molar-refractivity contribution in [2.45, 2.75) is 6.61 Å². The highest BCUT2D eigenvalue weighted by atomic mass is 35.5. The second-order valence-electron chi connectivity index (χ2n) is 4.56. The number of methoxy groups -OCH3 is 1. The van der Waals surface area contributed by atoms with E-state index in [0.717, 1.165) is 11.1 Å². The summed E-state index contributed by atoms with van der Waals surface area (Å²) >= 11 is 5.94. The number of rotatable bonds is 6. The van der Waals surface area contributed by atoms with Crippen molar-refractivity contribution in [2.24, 2.45) is 10.8 Å². The standard InChI is InChI=1S/C16H16ClN3O3/c1-22-15-8-11(9-19-20-16(18)21)5-6-14(15)23-10-12-3-2-4-13(17)7-12/h2-9H,10H2,1H3,(H3,18,20,21). The minimum absolute atomic E-state index is 0.369. The number of nitrogens with one attached hydrogen (secondary N) is 1. The van der Waals surface area contributed by atoms with E-state index in [0.29, 0.717) is 23.1 Å². The summed E-state index contributed by atoms with van der Waals surface area (Å²) < 4.78 is 11.0. The molecule has 23 heavy (non-hydrogen) atoms. The number of carbonyl (C=O) groups excluding carboxylic acids is 1. The Hall–Kier alpha value is -2.73. The van der Waals surface area contributed by atoms with Crippen LogP contribution in [0.1, 0.15) is 11.1 Å². The lowest BCUT2D eigenvalue weighted by Crippen LogP contribution is -2.24. The van der Waals surface area contributed by atoms with Crippen molar-refractivity contribution in [1.82, 2.24) is 5.43 Å². The third-order valence-corrected chi connectivity index (χ3v) is 3.09. The molecule has 0 bridgehead atoms. The molecule has 0 aliphatic heterocycles. The van der Waals surface area contributed by atoms with Gasteiger partial charge in [0.1, 0.15) is 6.61 Å². The van der Waals surface area contributed by atoms with Crippen LogP contribution in [0.2, 0.25) is 5.02 Å². The van der Waals surface area contributed by atoms with Crippen LogP contribution in [0.3, 0.4) is 0 Å². The lowest BCUT2D eigenvalue weighted by Gasteiger charge is -2.11. The Balaban J connectivity index is 2.07. The average molecular weight is 334 g/mol. The van der Waals surface area contributed by atoms with Gasteiger partial charge in [0.05, 0.1) is 13.3 Å². The lowest BCUT2D eigenvalue weighted by molar-refractivity contribution is 0.249. The van der Waals surface area contributed by atoms with Gasteiger partial charge in [-0.15, -0.1) is 0 Å². The number of urea groups is 1. The van der Waals surface area contributed by atoms with E-state index in [1.807, 2.05) is 18.2 Å². The second-order valence-corrected chi connectivity index (χ2v) is 5.00. The molecule has 2 aromatic carbocycles. The van der Waals surface area contributed by atoms with E-state index in [2.05, 4.69) is 10.5 Å². The van der Waals surface area contributed by atoms with Crippen molar-refractivity contribution in [3.8, 4) is 11.5 Å². The zero-order valence-electron chi connectivity index (χ0n) is 12.5. The van der Waals surface area contributed by atoms with Gasteiger partial charge < -0.3 is 15.2 Å². The van der Waals surface area contributed by atoms with Crippen LogP contribution in [0.25, 0.3) is 0 Å². The second kappa shape index (κ2) is 8.05. The highest BCUT2D eigenvalue weighted by Gasteiger charge is 2.06. The van der Waals surface area contributed by atoms with Crippen LogP contribution in [-0.2, 0) is 6.61 Å². The minimum atomic E-state index is -0.727. The molecule has 0 saturated heterocycles. The molecule has 120 valence electrons. The van der Waals surface area contributed by atoms with Crippen LogP contribution >= 0.6 is 11.6 Å². The van der Waals surface area contributed by atoms with Crippen molar-refractivity contribution in [2.75, 3.05) is 7.11 Å². The molecule has 0 atom stereocenters. The molecule has 2 amide bonds. The van der Waals surface area contributed by atoms with Gasteiger partial charge in [-0.25, -0.2) is 10.2 Å². The third kappa shape index (κ3) is 5.19. The first-order valence-corrected chi connectivity index (χ1v) is 7.10. The molecule has 0 aromatic heterocycles. The Bertz CT molecular complexity index is 719. The Kier molecular flexibility index (Phi) is 5.82. The maximum Gasteiger partial charge on any atom is 0.332 e. The molecule has 0 spiro atoms. The van der Waals surface area contributed by atoms with Crippen molar-refractivity contribution in [1.29, 1.82) is 0 Å². The number of nitrogens with zero attached hydrogens (tertiary/aromatic N) is 1. The number of hydrazone groups is 1. The molecule has 7 heteroatoms. The Morgan fingerprint density at radius 2 is 2.13 bits per heavy atom. The molecule has 6 nitrogen and oxygen atoms in total. The van der Waals surface area contributed by atoms with Gasteiger partial charge in [0.2, 0.25) is 0 Å². The van der Waals surface area contributed by atoms with Crippen LogP contribution in [0.15, 0.2) is 47.6 Å². The maximum absolute atomic E-state index is 10.6. The lowest BCUT2D eigenvalue weighted by atomic mass is 10.2. The molecule has 0 aliphatic rings. The van der Waals surface area contributed by atoms with Crippen molar-refractivity contribution >= 4 is 23.8 Å². The monoisotopic (exact) mass is 333 g/mol. The van der Waals surface area contributed by atoms with Gasteiger partial charge in [-0.1, -0.05) is 23.7 Å². The highest BCUT2D eigenvalue weighted by molar-refractivity contribution is 6.30. The normalized spacial score (nSPS) is 10.5. The first-order valence-electron chi connectivity index (χ1n) is 6.72. The fraction of sp³-hybridized carbons (Fsp3) is 0.125. The SMILES string of the molecule is COc1cc(C=NNC(N)=O)ccc1OCc1cccc(Cl)c1.